The minimum absolute atomic E-state index is 0.181. The number of ether oxygens (including phenoxy) is 1. The molecule has 0 radical (unpaired) electrons. The Hall–Kier alpha value is -1.53. The van der Waals surface area contributed by atoms with Gasteiger partial charge in [0.25, 0.3) is 5.91 Å². The molecule has 1 aliphatic heterocycles. The molecule has 1 N–H and O–H groups in total. The highest BCUT2D eigenvalue weighted by Crippen LogP contribution is 2.13. The number of hydrogen-bond donors (Lipinski definition) is 1. The highest BCUT2D eigenvalue weighted by atomic mass is 16.5. The second-order valence-corrected chi connectivity index (χ2v) is 5.36. The predicted octanol–water partition coefficient (Wildman–Crippen LogP) is 0.704. The van der Waals surface area contributed by atoms with Crippen LogP contribution in [0.3, 0.4) is 0 Å². The van der Waals surface area contributed by atoms with Gasteiger partial charge >= 0.3 is 0 Å². The zero-order chi connectivity index (χ0) is 14.5. The fourth-order valence-corrected chi connectivity index (χ4v) is 2.45. The second-order valence-electron chi connectivity index (χ2n) is 5.36. The van der Waals surface area contributed by atoms with Gasteiger partial charge in [0.1, 0.15) is 5.69 Å². The van der Waals surface area contributed by atoms with Crippen LogP contribution in [-0.4, -0.2) is 58.7 Å². The molecule has 1 aromatic heterocycles. The monoisotopic (exact) mass is 278 g/mol. The summed E-state index contributed by atoms with van der Waals surface area (Å²) < 4.78 is 5.71. The van der Waals surface area contributed by atoms with Crippen molar-refractivity contribution >= 4 is 5.91 Å². The molecule has 2 rings (SSSR count). The molecule has 0 aliphatic carbocycles. The third-order valence-corrected chi connectivity index (χ3v) is 3.43. The molecule has 20 heavy (non-hydrogen) atoms. The smallest absolute Gasteiger partial charge is 0.271 e. The first kappa shape index (κ1) is 14.9. The molecule has 1 saturated heterocycles. The van der Waals surface area contributed by atoms with Crippen molar-refractivity contribution in [3.8, 4) is 0 Å². The molecule has 6 nitrogen and oxygen atoms in total. The molecule has 3 atom stereocenters. The topological polar surface area (TPSA) is 67.4 Å². The Morgan fingerprint density at radius 1 is 1.45 bits per heavy atom. The Balaban J connectivity index is 1.83. The minimum atomic E-state index is -0.181. The van der Waals surface area contributed by atoms with Gasteiger partial charge in [-0.25, -0.2) is 4.98 Å². The minimum Gasteiger partial charge on any atom is -0.373 e. The number of hydrogen-bond acceptors (Lipinski definition) is 5. The largest absolute Gasteiger partial charge is 0.373 e. The van der Waals surface area contributed by atoms with E-state index in [1.54, 1.807) is 6.20 Å². The van der Waals surface area contributed by atoms with Crippen LogP contribution in [0.1, 0.15) is 31.3 Å². The molecule has 2 heterocycles. The average Bonchev–Trinajstić information content (AvgIpc) is 2.44. The highest BCUT2D eigenvalue weighted by molar-refractivity contribution is 5.91. The van der Waals surface area contributed by atoms with Gasteiger partial charge in [-0.1, -0.05) is 0 Å². The average molecular weight is 278 g/mol. The summed E-state index contributed by atoms with van der Waals surface area (Å²) in [5.41, 5.74) is 0.350. The van der Waals surface area contributed by atoms with E-state index in [4.69, 9.17) is 4.74 Å². The number of aromatic nitrogens is 2. The summed E-state index contributed by atoms with van der Waals surface area (Å²) in [5.74, 6) is -0.181. The molecule has 0 bridgehead atoms. The fourth-order valence-electron chi connectivity index (χ4n) is 2.45. The lowest BCUT2D eigenvalue weighted by Gasteiger charge is -2.38. The Morgan fingerprint density at radius 2 is 2.15 bits per heavy atom. The summed E-state index contributed by atoms with van der Waals surface area (Å²) in [7, 11) is 0. The van der Waals surface area contributed by atoms with E-state index in [1.807, 2.05) is 0 Å². The van der Waals surface area contributed by atoms with Crippen LogP contribution in [0, 0.1) is 0 Å². The van der Waals surface area contributed by atoms with Crippen molar-refractivity contribution in [1.82, 2.24) is 20.2 Å². The van der Waals surface area contributed by atoms with Gasteiger partial charge < -0.3 is 10.1 Å². The molecular weight excluding hydrogens is 256 g/mol. The Labute approximate surface area is 119 Å². The molecule has 1 aliphatic rings. The highest BCUT2D eigenvalue weighted by Gasteiger charge is 2.25. The van der Waals surface area contributed by atoms with Crippen LogP contribution >= 0.6 is 0 Å². The number of amides is 1. The maximum Gasteiger partial charge on any atom is 0.271 e. The van der Waals surface area contributed by atoms with E-state index >= 15 is 0 Å². The number of morpholine rings is 1. The number of carbonyl (C=O) groups excluding carboxylic acids is 1. The summed E-state index contributed by atoms with van der Waals surface area (Å²) >= 11 is 0. The third kappa shape index (κ3) is 3.98. The van der Waals surface area contributed by atoms with Crippen LogP contribution in [-0.2, 0) is 4.74 Å². The molecule has 1 fully saturated rings. The van der Waals surface area contributed by atoms with Crippen molar-refractivity contribution < 1.29 is 9.53 Å². The van der Waals surface area contributed by atoms with Gasteiger partial charge in [0.05, 0.1) is 18.4 Å². The number of nitrogens with zero attached hydrogens (tertiary/aromatic N) is 3. The van der Waals surface area contributed by atoms with Gasteiger partial charge in [-0.15, -0.1) is 0 Å². The van der Waals surface area contributed by atoms with E-state index < -0.39 is 0 Å². The Bertz CT molecular complexity index is 430. The third-order valence-electron chi connectivity index (χ3n) is 3.43. The maximum absolute atomic E-state index is 11.9. The Kier molecular flexibility index (Phi) is 5.03. The van der Waals surface area contributed by atoms with Gasteiger partial charge in [-0.05, 0) is 20.8 Å². The summed E-state index contributed by atoms with van der Waals surface area (Å²) in [6.45, 7) is 8.65. The molecule has 0 saturated carbocycles. The van der Waals surface area contributed by atoms with Crippen molar-refractivity contribution in [1.29, 1.82) is 0 Å². The number of nitrogens with one attached hydrogen (secondary N) is 1. The first-order chi connectivity index (χ1) is 9.56. The lowest BCUT2D eigenvalue weighted by Crippen LogP contribution is -2.52. The number of rotatable bonds is 4. The van der Waals surface area contributed by atoms with Crippen molar-refractivity contribution in [2.24, 2.45) is 0 Å². The van der Waals surface area contributed by atoms with Crippen molar-refractivity contribution in [3.05, 3.63) is 24.3 Å². The van der Waals surface area contributed by atoms with Crippen LogP contribution in [0.25, 0.3) is 0 Å². The molecule has 0 aromatic carbocycles. The summed E-state index contributed by atoms with van der Waals surface area (Å²) in [4.78, 5) is 22.1. The van der Waals surface area contributed by atoms with E-state index in [2.05, 4.69) is 41.0 Å². The lowest BCUT2D eigenvalue weighted by molar-refractivity contribution is -0.0778. The predicted molar refractivity (Wildman–Crippen MR) is 75.4 cm³/mol. The molecule has 6 heteroatoms. The van der Waals surface area contributed by atoms with E-state index in [0.717, 1.165) is 13.1 Å². The van der Waals surface area contributed by atoms with Gasteiger partial charge in [-0.3, -0.25) is 14.7 Å². The van der Waals surface area contributed by atoms with Crippen molar-refractivity contribution in [2.75, 3.05) is 19.6 Å². The first-order valence-corrected chi connectivity index (χ1v) is 7.00. The SMILES string of the molecule is C[C@@H]1CN([C@H](C)CNC(=O)c2cnccn2)C[C@@H](C)O1. The molecule has 0 unspecified atom stereocenters. The van der Waals surface area contributed by atoms with Crippen LogP contribution < -0.4 is 5.32 Å². The summed E-state index contributed by atoms with van der Waals surface area (Å²) in [5, 5.41) is 2.90. The van der Waals surface area contributed by atoms with Gasteiger partial charge in [-0.2, -0.15) is 0 Å². The normalized spacial score (nSPS) is 25.1. The van der Waals surface area contributed by atoms with E-state index in [-0.39, 0.29) is 24.2 Å². The zero-order valence-corrected chi connectivity index (χ0v) is 12.2. The fraction of sp³-hybridized carbons (Fsp3) is 0.643. The quantitative estimate of drug-likeness (QED) is 0.878. The molecule has 1 amide bonds. The first-order valence-electron chi connectivity index (χ1n) is 7.00. The Morgan fingerprint density at radius 3 is 2.75 bits per heavy atom. The molecule has 110 valence electrons. The van der Waals surface area contributed by atoms with Crippen molar-refractivity contribution in [2.45, 2.75) is 39.0 Å². The van der Waals surface area contributed by atoms with Crippen LogP contribution in [0.2, 0.25) is 0 Å². The second kappa shape index (κ2) is 6.76. The van der Waals surface area contributed by atoms with Crippen molar-refractivity contribution in [3.63, 3.8) is 0 Å². The summed E-state index contributed by atoms with van der Waals surface area (Å²) in [6.07, 6.45) is 5.01. The number of carbonyl (C=O) groups is 1. The molecule has 0 spiro atoms. The maximum atomic E-state index is 11.9. The zero-order valence-electron chi connectivity index (χ0n) is 12.2. The standard InChI is InChI=1S/C14H22N4O2/c1-10(18-8-11(2)20-12(3)9-18)6-17-14(19)13-7-15-4-5-16-13/h4-5,7,10-12H,6,8-9H2,1-3H3,(H,17,19)/t10-,11-,12-/m1/s1. The van der Waals surface area contributed by atoms with Gasteiger partial charge in [0, 0.05) is 38.1 Å². The molecule has 1 aromatic rings. The van der Waals surface area contributed by atoms with E-state index in [1.165, 1.54) is 12.4 Å². The van der Waals surface area contributed by atoms with Gasteiger partial charge in [0.2, 0.25) is 0 Å². The van der Waals surface area contributed by atoms with Gasteiger partial charge in [0.15, 0.2) is 0 Å². The lowest BCUT2D eigenvalue weighted by atomic mass is 10.1. The van der Waals surface area contributed by atoms with E-state index in [0.29, 0.717) is 12.2 Å². The summed E-state index contributed by atoms with van der Waals surface area (Å²) in [6, 6.07) is 0.268. The molecular formula is C14H22N4O2. The van der Waals surface area contributed by atoms with Crippen LogP contribution in [0.15, 0.2) is 18.6 Å². The van der Waals surface area contributed by atoms with Crippen LogP contribution in [0.4, 0.5) is 0 Å². The van der Waals surface area contributed by atoms with Crippen LogP contribution in [0.5, 0.6) is 0 Å². The van der Waals surface area contributed by atoms with E-state index in [9.17, 15) is 4.79 Å².